The highest BCUT2D eigenvalue weighted by atomic mass is 32.1. The molecule has 0 aliphatic rings. The van der Waals surface area contributed by atoms with E-state index in [1.54, 1.807) is 17.4 Å². The van der Waals surface area contributed by atoms with E-state index < -0.39 is 5.82 Å². The molecule has 20 heavy (non-hydrogen) atoms. The van der Waals surface area contributed by atoms with E-state index in [2.05, 4.69) is 31.1 Å². The van der Waals surface area contributed by atoms with E-state index in [0.717, 1.165) is 10.7 Å². The van der Waals surface area contributed by atoms with Crippen LogP contribution in [0.2, 0.25) is 0 Å². The zero-order valence-corrected chi connectivity index (χ0v) is 12.5. The standard InChI is InChI=1S/C15H16FN3S/c1-15(2,3)14-19-12(9-20-14)8-18-11-4-5-13(16)10(6-11)7-17/h4-6,9,18H,8H2,1-3H3. The molecule has 0 unspecified atom stereocenters. The van der Waals surface area contributed by atoms with Crippen LogP contribution in [-0.2, 0) is 12.0 Å². The Kier molecular flexibility index (Phi) is 4.05. The topological polar surface area (TPSA) is 48.7 Å². The SMILES string of the molecule is CC(C)(C)c1nc(CNc2ccc(F)c(C#N)c2)cs1. The molecule has 0 amide bonds. The summed E-state index contributed by atoms with van der Waals surface area (Å²) >= 11 is 1.64. The van der Waals surface area contributed by atoms with Gasteiger partial charge in [-0.1, -0.05) is 20.8 Å². The number of benzene rings is 1. The molecule has 0 fully saturated rings. The number of nitriles is 1. The minimum absolute atomic E-state index is 0.0451. The fourth-order valence-corrected chi connectivity index (χ4v) is 2.55. The Morgan fingerprint density at radius 2 is 2.15 bits per heavy atom. The van der Waals surface area contributed by atoms with Gasteiger partial charge < -0.3 is 5.32 Å². The van der Waals surface area contributed by atoms with Crippen LogP contribution in [0.4, 0.5) is 10.1 Å². The monoisotopic (exact) mass is 289 g/mol. The van der Waals surface area contributed by atoms with Gasteiger partial charge in [0.1, 0.15) is 11.9 Å². The van der Waals surface area contributed by atoms with E-state index in [1.165, 1.54) is 12.1 Å². The summed E-state index contributed by atoms with van der Waals surface area (Å²) in [5, 5.41) is 15.1. The molecule has 0 spiro atoms. The smallest absolute Gasteiger partial charge is 0.141 e. The molecule has 0 bridgehead atoms. The molecule has 1 aromatic carbocycles. The number of hydrogen-bond acceptors (Lipinski definition) is 4. The molecule has 0 atom stereocenters. The number of aromatic nitrogens is 1. The first kappa shape index (κ1) is 14.5. The Hall–Kier alpha value is -1.93. The molecule has 1 N–H and O–H groups in total. The molecule has 0 aliphatic heterocycles. The van der Waals surface area contributed by atoms with E-state index >= 15 is 0 Å². The van der Waals surface area contributed by atoms with Gasteiger partial charge in [0.2, 0.25) is 0 Å². The molecular formula is C15H16FN3S. The van der Waals surface area contributed by atoms with E-state index in [4.69, 9.17) is 5.26 Å². The maximum atomic E-state index is 13.2. The highest BCUT2D eigenvalue weighted by molar-refractivity contribution is 7.09. The third-order valence-corrected chi connectivity index (χ3v) is 4.07. The van der Waals surface area contributed by atoms with Crippen LogP contribution >= 0.6 is 11.3 Å². The maximum Gasteiger partial charge on any atom is 0.141 e. The maximum absolute atomic E-state index is 13.2. The van der Waals surface area contributed by atoms with Crippen molar-refractivity contribution in [3.05, 3.63) is 45.7 Å². The second kappa shape index (κ2) is 5.59. The summed E-state index contributed by atoms with van der Waals surface area (Å²) in [6, 6.07) is 6.25. The average molecular weight is 289 g/mol. The zero-order chi connectivity index (χ0) is 14.8. The van der Waals surface area contributed by atoms with Crippen molar-refractivity contribution < 1.29 is 4.39 Å². The average Bonchev–Trinajstić information content (AvgIpc) is 2.86. The summed E-state index contributed by atoms with van der Waals surface area (Å²) in [5.74, 6) is -0.498. The van der Waals surface area contributed by atoms with Crippen LogP contribution in [0.3, 0.4) is 0 Å². The molecule has 0 aliphatic carbocycles. The van der Waals surface area contributed by atoms with Crippen molar-refractivity contribution in [1.82, 2.24) is 4.98 Å². The molecule has 1 heterocycles. The fourth-order valence-electron chi connectivity index (χ4n) is 1.65. The van der Waals surface area contributed by atoms with Crippen LogP contribution in [0.25, 0.3) is 0 Å². The lowest BCUT2D eigenvalue weighted by Crippen LogP contribution is -2.11. The molecular weight excluding hydrogens is 273 g/mol. The minimum atomic E-state index is -0.498. The summed E-state index contributed by atoms with van der Waals surface area (Å²) in [6.07, 6.45) is 0. The van der Waals surface area contributed by atoms with Crippen LogP contribution in [0.1, 0.15) is 37.0 Å². The molecule has 104 valence electrons. The Labute approximate surface area is 122 Å². The summed E-state index contributed by atoms with van der Waals surface area (Å²) < 4.78 is 13.2. The van der Waals surface area contributed by atoms with Crippen molar-refractivity contribution in [3.63, 3.8) is 0 Å². The van der Waals surface area contributed by atoms with Gasteiger partial charge in [-0.15, -0.1) is 11.3 Å². The highest BCUT2D eigenvalue weighted by Crippen LogP contribution is 2.26. The second-order valence-corrected chi connectivity index (χ2v) is 6.41. The molecule has 2 aromatic rings. The third-order valence-electron chi connectivity index (χ3n) is 2.75. The van der Waals surface area contributed by atoms with E-state index in [-0.39, 0.29) is 11.0 Å². The molecule has 5 heteroatoms. The third kappa shape index (κ3) is 3.34. The lowest BCUT2D eigenvalue weighted by Gasteiger charge is -2.13. The summed E-state index contributed by atoms with van der Waals surface area (Å²) in [6.45, 7) is 6.94. The van der Waals surface area contributed by atoms with Gasteiger partial charge in [0.05, 0.1) is 22.8 Å². The van der Waals surface area contributed by atoms with Crippen molar-refractivity contribution in [3.8, 4) is 6.07 Å². The van der Waals surface area contributed by atoms with Crippen molar-refractivity contribution >= 4 is 17.0 Å². The van der Waals surface area contributed by atoms with E-state index in [1.807, 2.05) is 11.4 Å². The number of nitrogens with zero attached hydrogens (tertiary/aromatic N) is 2. The van der Waals surface area contributed by atoms with Crippen LogP contribution in [0.5, 0.6) is 0 Å². The first-order valence-corrected chi connectivity index (χ1v) is 7.16. The molecule has 0 saturated heterocycles. The quantitative estimate of drug-likeness (QED) is 0.926. The van der Waals surface area contributed by atoms with E-state index in [0.29, 0.717) is 12.2 Å². The molecule has 2 rings (SSSR count). The van der Waals surface area contributed by atoms with Crippen LogP contribution in [0.15, 0.2) is 23.6 Å². The molecule has 0 saturated carbocycles. The predicted molar refractivity (Wildman–Crippen MR) is 79.3 cm³/mol. The van der Waals surface area contributed by atoms with Crippen molar-refractivity contribution in [2.24, 2.45) is 0 Å². The van der Waals surface area contributed by atoms with Gasteiger partial charge in [-0.25, -0.2) is 9.37 Å². The number of halogens is 1. The van der Waals surface area contributed by atoms with Crippen LogP contribution < -0.4 is 5.32 Å². The number of nitrogens with one attached hydrogen (secondary N) is 1. The van der Waals surface area contributed by atoms with Crippen molar-refractivity contribution in [1.29, 1.82) is 5.26 Å². The number of anilines is 1. The first-order valence-electron chi connectivity index (χ1n) is 6.28. The minimum Gasteiger partial charge on any atom is -0.379 e. The summed E-state index contributed by atoms with van der Waals surface area (Å²) in [5.41, 5.74) is 1.76. The highest BCUT2D eigenvalue weighted by Gasteiger charge is 2.17. The summed E-state index contributed by atoms with van der Waals surface area (Å²) in [4.78, 5) is 4.57. The molecule has 3 nitrogen and oxygen atoms in total. The first-order chi connectivity index (χ1) is 9.40. The lowest BCUT2D eigenvalue weighted by molar-refractivity contribution is 0.583. The lowest BCUT2D eigenvalue weighted by atomic mass is 9.98. The van der Waals surface area contributed by atoms with E-state index in [9.17, 15) is 4.39 Å². The summed E-state index contributed by atoms with van der Waals surface area (Å²) in [7, 11) is 0. The van der Waals surface area contributed by atoms with Gasteiger partial charge in [-0.2, -0.15) is 5.26 Å². The van der Waals surface area contributed by atoms with Gasteiger partial charge >= 0.3 is 0 Å². The van der Waals surface area contributed by atoms with Crippen molar-refractivity contribution in [2.45, 2.75) is 32.7 Å². The normalized spacial score (nSPS) is 11.2. The van der Waals surface area contributed by atoms with Gasteiger partial charge in [0.25, 0.3) is 0 Å². The number of hydrogen-bond donors (Lipinski definition) is 1. The largest absolute Gasteiger partial charge is 0.379 e. The fraction of sp³-hybridized carbons (Fsp3) is 0.333. The number of thiazole rings is 1. The van der Waals surface area contributed by atoms with Gasteiger partial charge in [-0.3, -0.25) is 0 Å². The number of rotatable bonds is 3. The Bertz CT molecular complexity index is 650. The van der Waals surface area contributed by atoms with Gasteiger partial charge in [0.15, 0.2) is 0 Å². The van der Waals surface area contributed by atoms with Crippen molar-refractivity contribution in [2.75, 3.05) is 5.32 Å². The van der Waals surface area contributed by atoms with Gasteiger partial charge in [0, 0.05) is 16.5 Å². The zero-order valence-electron chi connectivity index (χ0n) is 11.7. The van der Waals surface area contributed by atoms with Gasteiger partial charge in [-0.05, 0) is 18.2 Å². The van der Waals surface area contributed by atoms with Crippen LogP contribution in [-0.4, -0.2) is 4.98 Å². The Morgan fingerprint density at radius 3 is 2.75 bits per heavy atom. The Balaban J connectivity index is 2.06. The predicted octanol–water partition coefficient (Wildman–Crippen LogP) is 4.06. The van der Waals surface area contributed by atoms with Crippen LogP contribution in [0, 0.1) is 17.1 Å². The second-order valence-electron chi connectivity index (χ2n) is 5.55. The molecule has 0 radical (unpaired) electrons. The molecule has 1 aromatic heterocycles. The Morgan fingerprint density at radius 1 is 1.40 bits per heavy atom.